The van der Waals surface area contributed by atoms with Crippen LogP contribution in [0.1, 0.15) is 36.8 Å². The van der Waals surface area contributed by atoms with Gasteiger partial charge in [-0.25, -0.2) is 14.3 Å². The molecule has 0 radical (unpaired) electrons. The van der Waals surface area contributed by atoms with E-state index in [1.54, 1.807) is 0 Å². The van der Waals surface area contributed by atoms with Gasteiger partial charge in [0.05, 0.1) is 17.0 Å². The zero-order valence-electron chi connectivity index (χ0n) is 23.7. The first kappa shape index (κ1) is 27.9. The molecule has 2 N–H and O–H groups in total. The Labute approximate surface area is 235 Å². The summed E-state index contributed by atoms with van der Waals surface area (Å²) < 4.78 is 13.9. The Bertz CT molecular complexity index is 1270. The van der Waals surface area contributed by atoms with E-state index in [0.29, 0.717) is 23.5 Å². The molecule has 1 aromatic carbocycles. The lowest BCUT2D eigenvalue weighted by Gasteiger charge is -2.54. The molecule has 210 valence electrons. The number of piperidine rings is 1. The number of anilines is 1. The Morgan fingerprint density at radius 3 is 2.74 bits per heavy atom. The lowest BCUT2D eigenvalue weighted by Crippen LogP contribution is -2.61. The average Bonchev–Trinajstić information content (AvgIpc) is 3.25. The highest BCUT2D eigenvalue weighted by molar-refractivity contribution is 7.97. The van der Waals surface area contributed by atoms with Crippen molar-refractivity contribution >= 4 is 17.8 Å². The van der Waals surface area contributed by atoms with Crippen LogP contribution in [0.4, 0.5) is 5.82 Å². The predicted molar refractivity (Wildman–Crippen MR) is 156 cm³/mol. The van der Waals surface area contributed by atoms with E-state index in [1.807, 2.05) is 57.1 Å². The molecule has 0 bridgehead atoms. The minimum absolute atomic E-state index is 0.206. The van der Waals surface area contributed by atoms with Crippen molar-refractivity contribution in [3.05, 3.63) is 41.3 Å². The Kier molecular flexibility index (Phi) is 8.46. The smallest absolute Gasteiger partial charge is 0.162 e. The van der Waals surface area contributed by atoms with Crippen LogP contribution in [-0.2, 0) is 0 Å². The molecule has 0 aliphatic carbocycles. The topological polar surface area (TPSA) is 99.8 Å². The number of aliphatic hydroxyl groups excluding tert-OH is 1. The molecular formula is C29H40N6O3S. The van der Waals surface area contributed by atoms with Crippen LogP contribution in [0.15, 0.2) is 28.8 Å². The third-order valence-electron chi connectivity index (χ3n) is 7.66. The van der Waals surface area contributed by atoms with Crippen LogP contribution >= 0.6 is 11.9 Å². The second kappa shape index (κ2) is 11.8. The summed E-state index contributed by atoms with van der Waals surface area (Å²) in [5.74, 6) is 4.16. The highest BCUT2D eigenvalue weighted by atomic mass is 32.2. The van der Waals surface area contributed by atoms with Gasteiger partial charge in [0.2, 0.25) is 0 Å². The molecule has 10 heteroatoms. The first-order valence-corrected chi connectivity index (χ1v) is 14.8. The van der Waals surface area contributed by atoms with Gasteiger partial charge in [-0.1, -0.05) is 36.2 Å². The fraction of sp³-hybridized carbons (Fsp3) is 0.552. The maximum atomic E-state index is 10.1. The number of rotatable bonds is 10. The van der Waals surface area contributed by atoms with Crippen LogP contribution < -0.4 is 15.0 Å². The van der Waals surface area contributed by atoms with E-state index in [0.717, 1.165) is 78.0 Å². The summed E-state index contributed by atoms with van der Waals surface area (Å²) in [7, 11) is 1.81. The Balaban J connectivity index is 1.51. The van der Waals surface area contributed by atoms with E-state index < -0.39 is 6.10 Å². The molecule has 2 aliphatic heterocycles. The van der Waals surface area contributed by atoms with Crippen molar-refractivity contribution < 1.29 is 14.4 Å². The van der Waals surface area contributed by atoms with Crippen molar-refractivity contribution in [2.75, 3.05) is 57.0 Å². The third kappa shape index (κ3) is 5.94. The molecule has 0 saturated carbocycles. The molecule has 0 amide bonds. The molecule has 1 unspecified atom stereocenters. The third-order valence-corrected chi connectivity index (χ3v) is 8.54. The van der Waals surface area contributed by atoms with E-state index in [2.05, 4.69) is 33.5 Å². The molecular weight excluding hydrogens is 512 g/mol. The number of hydrogen-bond acceptors (Lipinski definition) is 10. The highest BCUT2D eigenvalue weighted by Crippen LogP contribution is 2.44. The molecule has 1 spiro atoms. The van der Waals surface area contributed by atoms with Crippen molar-refractivity contribution in [1.29, 1.82) is 0 Å². The normalized spacial score (nSPS) is 17.8. The number of ether oxygens (including phenoxy) is 1. The van der Waals surface area contributed by atoms with Gasteiger partial charge < -0.3 is 24.6 Å². The number of benzene rings is 1. The standard InChI is InChI=1S/C29H40N6O3S/c1-6-39-35-17-29(18-35)11-8-12-34(16-29)28-19(2)26(25-20(3)33-38-21(25)4)31-27(32-28)22-9-7-10-24(13-22)37-15-23(36)14-30-5/h7,9-10,13,23,30,36H,6,8,11-12,14-18H2,1-5H3. The fourth-order valence-corrected chi connectivity index (χ4v) is 6.94. The molecule has 2 aromatic heterocycles. The van der Waals surface area contributed by atoms with E-state index in [-0.39, 0.29) is 6.61 Å². The number of nitrogens with one attached hydrogen (secondary N) is 1. The maximum absolute atomic E-state index is 10.1. The summed E-state index contributed by atoms with van der Waals surface area (Å²) in [5, 5.41) is 17.3. The van der Waals surface area contributed by atoms with Gasteiger partial charge in [-0.2, -0.15) is 0 Å². The van der Waals surface area contributed by atoms with Crippen LogP contribution in [0, 0.1) is 26.2 Å². The summed E-state index contributed by atoms with van der Waals surface area (Å²) in [5.41, 5.74) is 4.85. The van der Waals surface area contributed by atoms with Crippen molar-refractivity contribution in [1.82, 2.24) is 24.7 Å². The Morgan fingerprint density at radius 2 is 2.03 bits per heavy atom. The lowest BCUT2D eigenvalue weighted by molar-refractivity contribution is 0.0621. The molecule has 1 atom stereocenters. The Hall–Kier alpha value is -2.66. The van der Waals surface area contributed by atoms with Gasteiger partial charge in [0.1, 0.15) is 30.0 Å². The van der Waals surface area contributed by atoms with E-state index in [9.17, 15) is 5.11 Å². The van der Waals surface area contributed by atoms with Gasteiger partial charge in [0.25, 0.3) is 0 Å². The van der Waals surface area contributed by atoms with E-state index in [4.69, 9.17) is 19.2 Å². The minimum atomic E-state index is -0.586. The van der Waals surface area contributed by atoms with Gasteiger partial charge in [0.15, 0.2) is 5.82 Å². The van der Waals surface area contributed by atoms with Crippen molar-refractivity contribution in [2.45, 2.75) is 46.6 Å². The Morgan fingerprint density at radius 1 is 1.21 bits per heavy atom. The van der Waals surface area contributed by atoms with Crippen LogP contribution in [0.3, 0.4) is 0 Å². The molecule has 39 heavy (non-hydrogen) atoms. The monoisotopic (exact) mass is 552 g/mol. The SMILES string of the molecule is CCSN1CC2(CCCN(c3nc(-c4cccc(OCC(O)CNC)c4)nc(-c4c(C)noc4C)c3C)C2)C1. The summed E-state index contributed by atoms with van der Waals surface area (Å²) in [6, 6.07) is 7.79. The first-order chi connectivity index (χ1) is 18.8. The van der Waals surface area contributed by atoms with Gasteiger partial charge in [-0.3, -0.25) is 0 Å². The second-order valence-electron chi connectivity index (χ2n) is 10.8. The molecule has 2 fully saturated rings. The first-order valence-electron chi connectivity index (χ1n) is 13.8. The van der Waals surface area contributed by atoms with Gasteiger partial charge in [0, 0.05) is 55.0 Å². The fourth-order valence-electron chi connectivity index (χ4n) is 5.84. The number of hydrogen-bond donors (Lipinski definition) is 2. The predicted octanol–water partition coefficient (Wildman–Crippen LogP) is 4.25. The summed E-state index contributed by atoms with van der Waals surface area (Å²) in [4.78, 5) is 12.7. The quantitative estimate of drug-likeness (QED) is 0.355. The molecule has 2 aliphatic rings. The van der Waals surface area contributed by atoms with E-state index >= 15 is 0 Å². The number of aromatic nitrogens is 3. The van der Waals surface area contributed by atoms with Crippen molar-refractivity contribution in [3.63, 3.8) is 0 Å². The number of aliphatic hydroxyl groups is 1. The van der Waals surface area contributed by atoms with Crippen LogP contribution in [0.2, 0.25) is 0 Å². The van der Waals surface area contributed by atoms with Gasteiger partial charge in [-0.15, -0.1) is 0 Å². The molecule has 4 heterocycles. The number of likely N-dealkylation sites (N-methyl/N-ethyl adjacent to an activating group) is 1. The molecule has 3 aromatic rings. The van der Waals surface area contributed by atoms with E-state index in [1.165, 1.54) is 6.42 Å². The molecule has 2 saturated heterocycles. The summed E-state index contributed by atoms with van der Waals surface area (Å²) >= 11 is 1.94. The van der Waals surface area contributed by atoms with Gasteiger partial charge in [-0.05, 0) is 52.8 Å². The minimum Gasteiger partial charge on any atom is -0.491 e. The van der Waals surface area contributed by atoms with Crippen LogP contribution in [0.5, 0.6) is 5.75 Å². The second-order valence-corrected chi connectivity index (χ2v) is 12.2. The largest absolute Gasteiger partial charge is 0.491 e. The highest BCUT2D eigenvalue weighted by Gasteiger charge is 2.46. The average molecular weight is 553 g/mol. The molecule has 9 nitrogen and oxygen atoms in total. The summed E-state index contributed by atoms with van der Waals surface area (Å²) in [6.07, 6.45) is 1.83. The van der Waals surface area contributed by atoms with Crippen molar-refractivity contribution in [2.24, 2.45) is 5.41 Å². The maximum Gasteiger partial charge on any atom is 0.162 e. The zero-order chi connectivity index (χ0) is 27.6. The van der Waals surface area contributed by atoms with Gasteiger partial charge >= 0.3 is 0 Å². The lowest BCUT2D eigenvalue weighted by atomic mass is 9.75. The number of nitrogens with zero attached hydrogens (tertiary/aromatic N) is 5. The molecule has 5 rings (SSSR count). The number of aryl methyl sites for hydroxylation is 2. The summed E-state index contributed by atoms with van der Waals surface area (Å²) in [6.45, 7) is 13.1. The van der Waals surface area contributed by atoms with Crippen LogP contribution in [-0.4, -0.2) is 82.8 Å². The van der Waals surface area contributed by atoms with Crippen molar-refractivity contribution in [3.8, 4) is 28.4 Å². The van der Waals surface area contributed by atoms with Crippen LogP contribution in [0.25, 0.3) is 22.6 Å². The zero-order valence-corrected chi connectivity index (χ0v) is 24.5.